The first-order chi connectivity index (χ1) is 5.52. The molecular weight excluding hydrogens is 203 g/mol. The van der Waals surface area contributed by atoms with Crippen molar-refractivity contribution in [3.8, 4) is 0 Å². The van der Waals surface area contributed by atoms with E-state index in [0.29, 0.717) is 0 Å². The van der Waals surface area contributed by atoms with E-state index in [4.69, 9.17) is 14.5 Å². The van der Waals surface area contributed by atoms with Gasteiger partial charge in [-0.05, 0) is 11.8 Å². The lowest BCUT2D eigenvalue weighted by molar-refractivity contribution is 0.0277. The number of methoxy groups -OCH3 is 1. The lowest BCUT2D eigenvalue weighted by Crippen LogP contribution is -2.20. The topological polar surface area (TPSA) is 68.2 Å². The lowest BCUT2D eigenvalue weighted by Gasteiger charge is -2.15. The highest BCUT2D eigenvalue weighted by atomic mass is 32.5. The van der Waals surface area contributed by atoms with Gasteiger partial charge in [0, 0.05) is 14.2 Å². The maximum absolute atomic E-state index is 9.07. The molecule has 0 amide bonds. The van der Waals surface area contributed by atoms with E-state index in [1.54, 1.807) is 0 Å². The van der Waals surface area contributed by atoms with Crippen molar-refractivity contribution in [2.45, 2.75) is 6.10 Å². The van der Waals surface area contributed by atoms with E-state index in [9.17, 15) is 0 Å². The first kappa shape index (κ1) is 12.4. The zero-order valence-electron chi connectivity index (χ0n) is 6.97. The lowest BCUT2D eigenvalue weighted by atomic mass is 10.4. The fourth-order valence-corrected chi connectivity index (χ4v) is 1.12. The van der Waals surface area contributed by atoms with Gasteiger partial charge in [-0.3, -0.25) is 0 Å². The fourth-order valence-electron chi connectivity index (χ4n) is 0.473. The van der Waals surface area contributed by atoms with Gasteiger partial charge in [0.15, 0.2) is 0 Å². The molecular formula is C5H13O5PS. The Kier molecular flexibility index (Phi) is 6.21. The molecule has 0 heterocycles. The molecule has 2 N–H and O–H groups in total. The number of aliphatic hydroxyl groups excluding tert-OH is 1. The highest BCUT2D eigenvalue weighted by Crippen LogP contribution is 2.42. The smallest absolute Gasteiger partial charge is 0.324 e. The van der Waals surface area contributed by atoms with Gasteiger partial charge in [0.25, 0.3) is 0 Å². The summed E-state index contributed by atoms with van der Waals surface area (Å²) in [7, 11) is 2.71. The van der Waals surface area contributed by atoms with Gasteiger partial charge in [-0.25, -0.2) is 0 Å². The molecule has 0 fully saturated rings. The number of aliphatic hydroxyl groups is 1. The Morgan fingerprint density at radius 1 is 1.42 bits per heavy atom. The molecule has 0 rings (SSSR count). The average molecular weight is 216 g/mol. The van der Waals surface area contributed by atoms with Crippen LogP contribution < -0.4 is 0 Å². The third-order valence-corrected chi connectivity index (χ3v) is 2.72. The highest BCUT2D eigenvalue weighted by Gasteiger charge is 2.14. The van der Waals surface area contributed by atoms with Gasteiger partial charge in [-0.1, -0.05) is 0 Å². The molecule has 2 unspecified atom stereocenters. The normalized spacial score (nSPS) is 18.7. The minimum absolute atomic E-state index is 0.0878. The summed E-state index contributed by atoms with van der Waals surface area (Å²) in [5.41, 5.74) is 0. The van der Waals surface area contributed by atoms with Gasteiger partial charge in [0.2, 0.25) is 0 Å². The molecule has 5 nitrogen and oxygen atoms in total. The second-order valence-electron chi connectivity index (χ2n) is 2.06. The van der Waals surface area contributed by atoms with E-state index < -0.39 is 12.8 Å². The van der Waals surface area contributed by atoms with Crippen LogP contribution in [0, 0.1) is 0 Å². The molecule has 0 aromatic carbocycles. The summed E-state index contributed by atoms with van der Waals surface area (Å²) < 4.78 is 13.8. The summed E-state index contributed by atoms with van der Waals surface area (Å²) in [5, 5.41) is 9.06. The molecule has 0 bridgehead atoms. The van der Waals surface area contributed by atoms with Crippen LogP contribution in [0.4, 0.5) is 0 Å². The van der Waals surface area contributed by atoms with Crippen molar-refractivity contribution in [3.63, 3.8) is 0 Å². The molecule has 0 aliphatic carbocycles. The molecule has 7 heteroatoms. The molecule has 0 aromatic heterocycles. The predicted octanol–water partition coefficient (Wildman–Crippen LogP) is -0.126. The molecule has 0 spiro atoms. The van der Waals surface area contributed by atoms with Crippen molar-refractivity contribution >= 4 is 18.5 Å². The third kappa shape index (κ3) is 6.02. The van der Waals surface area contributed by atoms with Gasteiger partial charge in [-0.2, -0.15) is 0 Å². The summed E-state index contributed by atoms with van der Waals surface area (Å²) in [5.74, 6) is 0. The minimum Gasteiger partial charge on any atom is -0.388 e. The van der Waals surface area contributed by atoms with Gasteiger partial charge >= 0.3 is 6.72 Å². The SMILES string of the molecule is COCC(O)COP(O)(=S)OC. The monoisotopic (exact) mass is 216 g/mol. The molecule has 2 atom stereocenters. The van der Waals surface area contributed by atoms with Crippen LogP contribution in [-0.2, 0) is 25.6 Å². The number of hydrogen-bond acceptors (Lipinski definition) is 5. The molecule has 0 aliphatic heterocycles. The minimum atomic E-state index is -3.13. The quantitative estimate of drug-likeness (QED) is 0.603. The Bertz CT molecular complexity index is 164. The second kappa shape index (κ2) is 5.99. The van der Waals surface area contributed by atoms with Crippen molar-refractivity contribution in [1.29, 1.82) is 0 Å². The molecule has 12 heavy (non-hydrogen) atoms. The summed E-state index contributed by atoms with van der Waals surface area (Å²) >= 11 is 4.52. The molecule has 0 saturated heterocycles. The number of rotatable bonds is 6. The molecule has 0 aromatic rings. The highest BCUT2D eigenvalue weighted by molar-refractivity contribution is 8.07. The van der Waals surface area contributed by atoms with Crippen LogP contribution in [0.15, 0.2) is 0 Å². The molecule has 0 aliphatic rings. The largest absolute Gasteiger partial charge is 0.388 e. The number of hydrogen-bond donors (Lipinski definition) is 2. The Hall–Kier alpha value is 0.450. The summed E-state index contributed by atoms with van der Waals surface area (Å²) in [6.45, 7) is -3.08. The first-order valence-electron chi connectivity index (χ1n) is 3.22. The van der Waals surface area contributed by atoms with E-state index in [1.807, 2.05) is 0 Å². The van der Waals surface area contributed by atoms with Crippen molar-refractivity contribution in [3.05, 3.63) is 0 Å². The zero-order chi connectivity index (χ0) is 9.61. The standard InChI is InChI=1S/C5H13O5PS/c1-8-3-5(6)4-10-11(7,12)9-2/h5-6H,3-4H2,1-2H3,(H,7,12). The van der Waals surface area contributed by atoms with Crippen LogP contribution in [0.2, 0.25) is 0 Å². The Morgan fingerprint density at radius 2 is 2.00 bits per heavy atom. The van der Waals surface area contributed by atoms with Crippen LogP contribution in [0.1, 0.15) is 0 Å². The van der Waals surface area contributed by atoms with E-state index >= 15 is 0 Å². The van der Waals surface area contributed by atoms with Crippen LogP contribution >= 0.6 is 6.72 Å². The van der Waals surface area contributed by atoms with Crippen molar-refractivity contribution in [2.24, 2.45) is 0 Å². The van der Waals surface area contributed by atoms with Crippen molar-refractivity contribution in [2.75, 3.05) is 27.4 Å². The molecule has 0 radical (unpaired) electrons. The maximum atomic E-state index is 9.07. The van der Waals surface area contributed by atoms with Crippen LogP contribution in [0.5, 0.6) is 0 Å². The van der Waals surface area contributed by atoms with Crippen LogP contribution in [0.25, 0.3) is 0 Å². The van der Waals surface area contributed by atoms with Gasteiger partial charge in [0.05, 0.1) is 13.2 Å². The first-order valence-corrected chi connectivity index (χ1v) is 5.81. The van der Waals surface area contributed by atoms with Crippen molar-refractivity contribution < 1.29 is 23.8 Å². The summed E-state index contributed by atoms with van der Waals surface area (Å²) in [6.07, 6.45) is -0.792. The maximum Gasteiger partial charge on any atom is 0.324 e. The zero-order valence-corrected chi connectivity index (χ0v) is 8.68. The second-order valence-corrected chi connectivity index (χ2v) is 5.00. The van der Waals surface area contributed by atoms with E-state index in [0.717, 1.165) is 0 Å². The van der Waals surface area contributed by atoms with Crippen molar-refractivity contribution in [1.82, 2.24) is 0 Å². The van der Waals surface area contributed by atoms with Crippen LogP contribution in [0.3, 0.4) is 0 Å². The van der Waals surface area contributed by atoms with E-state index in [2.05, 4.69) is 21.1 Å². The van der Waals surface area contributed by atoms with Gasteiger partial charge in [0.1, 0.15) is 6.10 Å². The predicted molar refractivity (Wildman–Crippen MR) is 47.3 cm³/mol. The molecule has 0 saturated carbocycles. The third-order valence-electron chi connectivity index (χ3n) is 1.02. The van der Waals surface area contributed by atoms with E-state index in [1.165, 1.54) is 14.2 Å². The Balaban J connectivity index is 3.60. The summed E-state index contributed by atoms with van der Waals surface area (Å²) in [6, 6.07) is 0. The Labute approximate surface area is 76.5 Å². The fraction of sp³-hybridized carbons (Fsp3) is 1.00. The summed E-state index contributed by atoms with van der Waals surface area (Å²) in [4.78, 5) is 9.07. The van der Waals surface area contributed by atoms with E-state index in [-0.39, 0.29) is 13.2 Å². The van der Waals surface area contributed by atoms with Gasteiger partial charge in [-0.15, -0.1) is 0 Å². The average Bonchev–Trinajstić information content (AvgIpc) is 2.02. The number of ether oxygens (including phenoxy) is 1. The van der Waals surface area contributed by atoms with Gasteiger partial charge < -0.3 is 23.8 Å². The molecule has 74 valence electrons. The van der Waals surface area contributed by atoms with Crippen LogP contribution in [-0.4, -0.2) is 43.5 Å². The Morgan fingerprint density at radius 3 is 2.42 bits per heavy atom.